The van der Waals surface area contributed by atoms with Gasteiger partial charge in [0.25, 0.3) is 5.91 Å². The minimum atomic E-state index is -0.748. The second-order valence-electron chi connectivity index (χ2n) is 6.82. The SMILES string of the molecule is Cc1ccc(C(N)C(=O)Nc2ccc(C(=O)NC3CCOCC3)cc2)cc1.Cl. The summed E-state index contributed by atoms with van der Waals surface area (Å²) < 4.78 is 5.29. The van der Waals surface area contributed by atoms with E-state index in [1.165, 1.54) is 0 Å². The zero-order valence-corrected chi connectivity index (χ0v) is 16.6. The third-order valence-electron chi connectivity index (χ3n) is 4.69. The Morgan fingerprint density at radius 3 is 2.25 bits per heavy atom. The van der Waals surface area contributed by atoms with E-state index < -0.39 is 6.04 Å². The van der Waals surface area contributed by atoms with Crippen LogP contribution in [0.1, 0.15) is 40.4 Å². The van der Waals surface area contributed by atoms with Gasteiger partial charge in [0.1, 0.15) is 6.04 Å². The van der Waals surface area contributed by atoms with Crippen molar-refractivity contribution >= 4 is 29.9 Å². The fourth-order valence-electron chi connectivity index (χ4n) is 2.96. The van der Waals surface area contributed by atoms with Gasteiger partial charge in [0.2, 0.25) is 5.91 Å². The first kappa shape index (κ1) is 21.9. The molecule has 1 aliphatic rings. The van der Waals surface area contributed by atoms with Gasteiger partial charge in [-0.25, -0.2) is 0 Å². The molecule has 0 aliphatic carbocycles. The highest BCUT2D eigenvalue weighted by molar-refractivity contribution is 5.97. The average Bonchev–Trinajstić information content (AvgIpc) is 2.69. The highest BCUT2D eigenvalue weighted by Crippen LogP contribution is 2.16. The Bertz CT molecular complexity index is 788. The van der Waals surface area contributed by atoms with E-state index in [1.54, 1.807) is 24.3 Å². The third kappa shape index (κ3) is 5.79. The van der Waals surface area contributed by atoms with Crippen molar-refractivity contribution in [2.45, 2.75) is 31.8 Å². The molecule has 150 valence electrons. The first-order chi connectivity index (χ1) is 13.0. The molecular weight excluding hydrogens is 378 g/mol. The van der Waals surface area contributed by atoms with E-state index in [4.69, 9.17) is 10.5 Å². The monoisotopic (exact) mass is 403 g/mol. The number of nitrogens with two attached hydrogens (primary N) is 1. The van der Waals surface area contributed by atoms with Crippen LogP contribution in [0.5, 0.6) is 0 Å². The molecule has 28 heavy (non-hydrogen) atoms. The van der Waals surface area contributed by atoms with Crippen molar-refractivity contribution in [3.63, 3.8) is 0 Å². The van der Waals surface area contributed by atoms with Crippen molar-refractivity contribution in [3.05, 3.63) is 65.2 Å². The zero-order chi connectivity index (χ0) is 19.2. The van der Waals surface area contributed by atoms with Gasteiger partial charge in [-0.15, -0.1) is 12.4 Å². The fraction of sp³-hybridized carbons (Fsp3) is 0.333. The molecule has 0 radical (unpaired) electrons. The van der Waals surface area contributed by atoms with Crippen LogP contribution in [-0.2, 0) is 9.53 Å². The molecule has 1 unspecified atom stereocenters. The molecular formula is C21H26ClN3O3. The van der Waals surface area contributed by atoms with Crippen LogP contribution in [0.3, 0.4) is 0 Å². The van der Waals surface area contributed by atoms with E-state index in [2.05, 4.69) is 10.6 Å². The summed E-state index contributed by atoms with van der Waals surface area (Å²) in [7, 11) is 0. The Labute approximate surface area is 171 Å². The smallest absolute Gasteiger partial charge is 0.251 e. The number of halogens is 1. The minimum Gasteiger partial charge on any atom is -0.381 e. The van der Waals surface area contributed by atoms with Gasteiger partial charge in [-0.2, -0.15) is 0 Å². The van der Waals surface area contributed by atoms with Crippen LogP contribution >= 0.6 is 12.4 Å². The molecule has 1 saturated heterocycles. The number of nitrogens with one attached hydrogen (secondary N) is 2. The summed E-state index contributed by atoms with van der Waals surface area (Å²) in [6.07, 6.45) is 1.66. The Balaban J connectivity index is 0.00000280. The van der Waals surface area contributed by atoms with Crippen molar-refractivity contribution in [2.75, 3.05) is 18.5 Å². The van der Waals surface area contributed by atoms with Gasteiger partial charge in [-0.3, -0.25) is 9.59 Å². The van der Waals surface area contributed by atoms with Crippen LogP contribution in [-0.4, -0.2) is 31.1 Å². The van der Waals surface area contributed by atoms with Crippen LogP contribution in [0.15, 0.2) is 48.5 Å². The van der Waals surface area contributed by atoms with Gasteiger partial charge in [-0.1, -0.05) is 29.8 Å². The van der Waals surface area contributed by atoms with E-state index in [9.17, 15) is 9.59 Å². The fourth-order valence-corrected chi connectivity index (χ4v) is 2.96. The molecule has 6 nitrogen and oxygen atoms in total. The lowest BCUT2D eigenvalue weighted by Gasteiger charge is -2.23. The molecule has 0 saturated carbocycles. The van der Waals surface area contributed by atoms with Crippen molar-refractivity contribution in [2.24, 2.45) is 5.73 Å². The molecule has 0 bridgehead atoms. The molecule has 2 amide bonds. The van der Waals surface area contributed by atoms with Gasteiger partial charge in [0, 0.05) is 30.5 Å². The number of rotatable bonds is 5. The summed E-state index contributed by atoms with van der Waals surface area (Å²) in [5.74, 6) is -0.408. The maximum atomic E-state index is 12.4. The molecule has 0 spiro atoms. The number of carbonyl (C=O) groups is 2. The van der Waals surface area contributed by atoms with Crippen molar-refractivity contribution in [1.29, 1.82) is 0 Å². The van der Waals surface area contributed by atoms with Gasteiger partial charge < -0.3 is 21.1 Å². The zero-order valence-electron chi connectivity index (χ0n) is 15.8. The predicted molar refractivity (Wildman–Crippen MR) is 112 cm³/mol. The number of benzene rings is 2. The molecule has 1 fully saturated rings. The Morgan fingerprint density at radius 2 is 1.64 bits per heavy atom. The van der Waals surface area contributed by atoms with Crippen LogP contribution < -0.4 is 16.4 Å². The Morgan fingerprint density at radius 1 is 1.04 bits per heavy atom. The first-order valence-electron chi connectivity index (χ1n) is 9.14. The topological polar surface area (TPSA) is 93.5 Å². The first-order valence-corrected chi connectivity index (χ1v) is 9.14. The number of hydrogen-bond donors (Lipinski definition) is 3. The second kappa shape index (κ2) is 10.2. The van der Waals surface area contributed by atoms with Gasteiger partial charge >= 0.3 is 0 Å². The molecule has 1 heterocycles. The summed E-state index contributed by atoms with van der Waals surface area (Å²) in [4.78, 5) is 24.7. The van der Waals surface area contributed by atoms with E-state index in [1.807, 2.05) is 31.2 Å². The average molecular weight is 404 g/mol. The molecule has 0 aromatic heterocycles. The summed E-state index contributed by atoms with van der Waals surface area (Å²) in [6.45, 7) is 3.34. The van der Waals surface area contributed by atoms with Crippen LogP contribution in [0.4, 0.5) is 5.69 Å². The van der Waals surface area contributed by atoms with Crippen molar-refractivity contribution in [3.8, 4) is 0 Å². The van der Waals surface area contributed by atoms with E-state index in [0.717, 1.165) is 24.0 Å². The minimum absolute atomic E-state index is 0. The van der Waals surface area contributed by atoms with Gasteiger partial charge in [-0.05, 0) is 49.6 Å². The number of aryl methyl sites for hydroxylation is 1. The Hall–Kier alpha value is -2.41. The van der Waals surface area contributed by atoms with Gasteiger partial charge in [0.15, 0.2) is 0 Å². The molecule has 3 rings (SSSR count). The maximum Gasteiger partial charge on any atom is 0.251 e. The lowest BCUT2D eigenvalue weighted by molar-refractivity contribution is -0.117. The summed E-state index contributed by atoms with van der Waals surface area (Å²) in [5, 5.41) is 5.80. The highest BCUT2D eigenvalue weighted by atomic mass is 35.5. The molecule has 1 atom stereocenters. The summed E-state index contributed by atoms with van der Waals surface area (Å²) in [6, 6.07) is 13.8. The maximum absolute atomic E-state index is 12.4. The number of amides is 2. The van der Waals surface area contributed by atoms with E-state index in [-0.39, 0.29) is 30.3 Å². The van der Waals surface area contributed by atoms with Crippen LogP contribution in [0.2, 0.25) is 0 Å². The summed E-state index contributed by atoms with van der Waals surface area (Å²) in [5.41, 5.74) is 9.06. The number of anilines is 1. The Kier molecular flexibility index (Phi) is 7.99. The van der Waals surface area contributed by atoms with Gasteiger partial charge in [0.05, 0.1) is 0 Å². The lowest BCUT2D eigenvalue weighted by atomic mass is 10.1. The van der Waals surface area contributed by atoms with Crippen molar-refractivity contribution < 1.29 is 14.3 Å². The number of ether oxygens (including phenoxy) is 1. The second-order valence-corrected chi connectivity index (χ2v) is 6.82. The van der Waals surface area contributed by atoms with Crippen LogP contribution in [0.25, 0.3) is 0 Å². The highest BCUT2D eigenvalue weighted by Gasteiger charge is 2.18. The third-order valence-corrected chi connectivity index (χ3v) is 4.69. The normalized spacial score (nSPS) is 15.2. The molecule has 2 aromatic rings. The van der Waals surface area contributed by atoms with E-state index in [0.29, 0.717) is 24.5 Å². The van der Waals surface area contributed by atoms with E-state index >= 15 is 0 Å². The summed E-state index contributed by atoms with van der Waals surface area (Å²) >= 11 is 0. The lowest BCUT2D eigenvalue weighted by Crippen LogP contribution is -2.38. The van der Waals surface area contributed by atoms with Crippen molar-refractivity contribution in [1.82, 2.24) is 5.32 Å². The predicted octanol–water partition coefficient (Wildman–Crippen LogP) is 2.96. The molecule has 2 aromatic carbocycles. The number of hydrogen-bond acceptors (Lipinski definition) is 4. The molecule has 7 heteroatoms. The number of carbonyl (C=O) groups excluding carboxylic acids is 2. The molecule has 4 N–H and O–H groups in total. The standard InChI is InChI=1S/C21H25N3O3.ClH/c1-14-2-4-15(5-3-14)19(22)21(26)24-17-8-6-16(7-9-17)20(25)23-18-10-12-27-13-11-18;/h2-9,18-19H,10-13,22H2,1H3,(H,23,25)(H,24,26);1H. The van der Waals surface area contributed by atoms with Crippen LogP contribution in [0, 0.1) is 6.92 Å². The quantitative estimate of drug-likeness (QED) is 0.715. The molecule has 1 aliphatic heterocycles. The largest absolute Gasteiger partial charge is 0.381 e.